The van der Waals surface area contributed by atoms with E-state index in [0.29, 0.717) is 36.5 Å². The molecule has 23 heavy (non-hydrogen) atoms. The summed E-state index contributed by atoms with van der Waals surface area (Å²) >= 11 is 0. The third-order valence-corrected chi connectivity index (χ3v) is 4.01. The molecule has 0 radical (unpaired) electrons. The number of carbonyl (C=O) groups is 3. The highest BCUT2D eigenvalue weighted by molar-refractivity contribution is 6.07. The van der Waals surface area contributed by atoms with Crippen LogP contribution in [-0.4, -0.2) is 49.5 Å². The summed E-state index contributed by atoms with van der Waals surface area (Å²) in [6, 6.07) is 4.37. The van der Waals surface area contributed by atoms with Crippen LogP contribution < -0.4 is 15.0 Å². The number of nitrogens with zero attached hydrogens (tertiary/aromatic N) is 2. The number of amides is 4. The summed E-state index contributed by atoms with van der Waals surface area (Å²) in [5.74, 6) is -0.0287. The van der Waals surface area contributed by atoms with Crippen LogP contribution in [0, 0.1) is 0 Å². The fourth-order valence-electron chi connectivity index (χ4n) is 2.78. The Labute approximate surface area is 135 Å². The van der Waals surface area contributed by atoms with Crippen molar-refractivity contribution in [2.45, 2.75) is 19.2 Å². The molecule has 0 spiro atoms. The van der Waals surface area contributed by atoms with E-state index in [9.17, 15) is 14.4 Å². The molecular weight excluding hydrogens is 298 g/mol. The lowest BCUT2D eigenvalue weighted by molar-refractivity contribution is -0.120. The van der Waals surface area contributed by atoms with Crippen molar-refractivity contribution in [2.24, 2.45) is 0 Å². The average Bonchev–Trinajstić information content (AvgIpc) is 3.00. The van der Waals surface area contributed by atoms with E-state index in [2.05, 4.69) is 5.32 Å². The molecule has 1 aromatic rings. The molecule has 0 aromatic heterocycles. The topological polar surface area (TPSA) is 79.0 Å². The van der Waals surface area contributed by atoms with Crippen molar-refractivity contribution >= 4 is 23.5 Å². The number of nitrogens with one attached hydrogen (secondary N) is 1. The Morgan fingerprint density at radius 2 is 2.13 bits per heavy atom. The van der Waals surface area contributed by atoms with E-state index >= 15 is 0 Å². The highest BCUT2D eigenvalue weighted by atomic mass is 16.5. The fourth-order valence-corrected chi connectivity index (χ4v) is 2.78. The number of rotatable bonds is 3. The van der Waals surface area contributed by atoms with Gasteiger partial charge >= 0.3 is 6.03 Å². The molecule has 4 amide bonds. The van der Waals surface area contributed by atoms with E-state index in [1.54, 1.807) is 23.1 Å². The van der Waals surface area contributed by atoms with Crippen LogP contribution in [0.2, 0.25) is 0 Å². The largest absolute Gasteiger partial charge is 0.495 e. The number of benzene rings is 1. The summed E-state index contributed by atoms with van der Waals surface area (Å²) in [7, 11) is 1.48. The zero-order valence-corrected chi connectivity index (χ0v) is 12.9. The number of methoxy groups -OCH3 is 1. The number of ether oxygens (including phenoxy) is 1. The maximum Gasteiger partial charge on any atom is 0.328 e. The number of urea groups is 1. The fraction of sp³-hybridized carbons (Fsp3) is 0.438. The Balaban J connectivity index is 1.89. The van der Waals surface area contributed by atoms with Gasteiger partial charge in [-0.15, -0.1) is 0 Å². The van der Waals surface area contributed by atoms with Crippen molar-refractivity contribution in [3.8, 4) is 5.75 Å². The second-order valence-electron chi connectivity index (χ2n) is 5.47. The first kappa shape index (κ1) is 14.0. The lowest BCUT2D eigenvalue weighted by Crippen LogP contribution is -2.49. The molecule has 7 heteroatoms. The minimum Gasteiger partial charge on any atom is -0.495 e. The number of anilines is 1. The SMILES string of the molecule is [2H]C1CCN(C(=O)c2ccc(OC)c(N3CCC(=O)NC3=O)c2)C1. The third-order valence-electron chi connectivity index (χ3n) is 4.01. The van der Waals surface area contributed by atoms with Gasteiger partial charge in [0.05, 0.1) is 12.8 Å². The van der Waals surface area contributed by atoms with Crippen LogP contribution in [0.4, 0.5) is 10.5 Å². The first-order valence-electron chi connectivity index (χ1n) is 8.08. The summed E-state index contributed by atoms with van der Waals surface area (Å²) in [5, 5.41) is 2.26. The maximum atomic E-state index is 12.6. The zero-order valence-electron chi connectivity index (χ0n) is 13.9. The van der Waals surface area contributed by atoms with Crippen LogP contribution in [0.3, 0.4) is 0 Å². The van der Waals surface area contributed by atoms with Gasteiger partial charge in [0.1, 0.15) is 5.75 Å². The molecule has 0 aliphatic carbocycles. The number of likely N-dealkylation sites (tertiary alicyclic amines) is 1. The van der Waals surface area contributed by atoms with E-state index < -0.39 is 6.03 Å². The van der Waals surface area contributed by atoms with Crippen LogP contribution in [-0.2, 0) is 4.79 Å². The van der Waals surface area contributed by atoms with E-state index in [0.717, 1.165) is 0 Å². The highest BCUT2D eigenvalue weighted by Gasteiger charge is 2.28. The Morgan fingerprint density at radius 1 is 1.30 bits per heavy atom. The van der Waals surface area contributed by atoms with E-state index in [-0.39, 0.29) is 31.2 Å². The highest BCUT2D eigenvalue weighted by Crippen LogP contribution is 2.31. The van der Waals surface area contributed by atoms with Gasteiger partial charge in [-0.25, -0.2) is 4.79 Å². The summed E-state index contributed by atoms with van der Waals surface area (Å²) in [5.41, 5.74) is 0.888. The molecule has 0 bridgehead atoms. The molecule has 3 rings (SSSR count). The first-order chi connectivity index (χ1) is 11.5. The van der Waals surface area contributed by atoms with Gasteiger partial charge in [-0.2, -0.15) is 0 Å². The predicted molar refractivity (Wildman–Crippen MR) is 83.6 cm³/mol. The Kier molecular flexibility index (Phi) is 3.83. The van der Waals surface area contributed by atoms with Crippen LogP contribution in [0.15, 0.2) is 18.2 Å². The third kappa shape index (κ3) is 2.99. The molecule has 0 saturated carbocycles. The molecular formula is C16H19N3O4. The number of hydrogen-bond donors (Lipinski definition) is 1. The summed E-state index contributed by atoms with van der Waals surface area (Å²) in [4.78, 5) is 39.0. The number of carbonyl (C=O) groups excluding carboxylic acids is 3. The van der Waals surface area contributed by atoms with Crippen molar-refractivity contribution in [3.05, 3.63) is 23.8 Å². The van der Waals surface area contributed by atoms with Gasteiger partial charge in [0.15, 0.2) is 0 Å². The van der Waals surface area contributed by atoms with Crippen LogP contribution in [0.5, 0.6) is 5.75 Å². The molecule has 1 aromatic carbocycles. The van der Waals surface area contributed by atoms with Crippen molar-refractivity contribution in [1.29, 1.82) is 0 Å². The van der Waals surface area contributed by atoms with Gasteiger partial charge < -0.3 is 9.64 Å². The summed E-state index contributed by atoms with van der Waals surface area (Å²) in [6.07, 6.45) is 0.621. The van der Waals surface area contributed by atoms with E-state index in [1.807, 2.05) is 0 Å². The van der Waals surface area contributed by atoms with Crippen LogP contribution >= 0.6 is 0 Å². The molecule has 1 unspecified atom stereocenters. The summed E-state index contributed by atoms with van der Waals surface area (Å²) < 4.78 is 13.0. The molecule has 1 N–H and O–H groups in total. The van der Waals surface area contributed by atoms with Gasteiger partial charge in [-0.3, -0.25) is 19.8 Å². The van der Waals surface area contributed by atoms with Crippen molar-refractivity contribution in [3.63, 3.8) is 0 Å². The predicted octanol–water partition coefficient (Wildman–Crippen LogP) is 1.38. The van der Waals surface area contributed by atoms with Crippen molar-refractivity contribution < 1.29 is 20.5 Å². The second-order valence-corrected chi connectivity index (χ2v) is 5.47. The van der Waals surface area contributed by atoms with Crippen LogP contribution in [0.25, 0.3) is 0 Å². The lowest BCUT2D eigenvalue weighted by Gasteiger charge is -2.28. The van der Waals surface area contributed by atoms with Crippen molar-refractivity contribution in [2.75, 3.05) is 31.6 Å². The van der Waals surface area contributed by atoms with Crippen molar-refractivity contribution in [1.82, 2.24) is 10.2 Å². The van der Waals surface area contributed by atoms with E-state index in [4.69, 9.17) is 6.11 Å². The number of hydrogen-bond acceptors (Lipinski definition) is 4. The Bertz CT molecular complexity index is 694. The Morgan fingerprint density at radius 3 is 2.78 bits per heavy atom. The van der Waals surface area contributed by atoms with Gasteiger partial charge in [0.25, 0.3) is 5.91 Å². The molecule has 2 heterocycles. The van der Waals surface area contributed by atoms with Gasteiger partial charge in [0.2, 0.25) is 5.91 Å². The standard InChI is InChI=1S/C16H19N3O4/c1-23-13-5-4-11(15(21)18-7-2-3-8-18)10-12(13)19-9-6-14(20)17-16(19)22/h4-5,10H,2-3,6-9H2,1H3,(H,17,20,22)/i2D. The normalized spacial score (nSPS) is 22.0. The molecule has 1 atom stereocenters. The molecule has 2 saturated heterocycles. The van der Waals surface area contributed by atoms with E-state index in [1.165, 1.54) is 12.0 Å². The molecule has 7 nitrogen and oxygen atoms in total. The minimum absolute atomic E-state index is 0.165. The molecule has 2 aliphatic rings. The maximum absolute atomic E-state index is 12.6. The van der Waals surface area contributed by atoms with Gasteiger partial charge in [0, 0.05) is 33.0 Å². The molecule has 2 fully saturated rings. The summed E-state index contributed by atoms with van der Waals surface area (Å²) in [6.45, 7) is 1.21. The smallest absolute Gasteiger partial charge is 0.328 e. The monoisotopic (exact) mass is 318 g/mol. The minimum atomic E-state index is -0.526. The van der Waals surface area contributed by atoms with Gasteiger partial charge in [-0.1, -0.05) is 0 Å². The van der Waals surface area contributed by atoms with Crippen LogP contribution in [0.1, 0.15) is 31.0 Å². The Hall–Kier alpha value is -2.57. The molecule has 122 valence electrons. The quantitative estimate of drug-likeness (QED) is 0.913. The second kappa shape index (κ2) is 6.28. The zero-order chi connectivity index (χ0) is 17.3. The molecule has 2 aliphatic heterocycles. The number of imide groups is 1. The van der Waals surface area contributed by atoms with Gasteiger partial charge in [-0.05, 0) is 31.0 Å². The average molecular weight is 318 g/mol. The lowest BCUT2D eigenvalue weighted by atomic mass is 10.1. The first-order valence-corrected chi connectivity index (χ1v) is 7.50.